The average Bonchev–Trinajstić information content (AvgIpc) is 3.48. The molecule has 2 saturated heterocycles. The molecule has 0 spiro atoms. The third kappa shape index (κ3) is 4.29. The van der Waals surface area contributed by atoms with E-state index in [1.807, 2.05) is 11.0 Å². The van der Waals surface area contributed by atoms with Crippen LogP contribution in [-0.2, 0) is 0 Å². The van der Waals surface area contributed by atoms with Gasteiger partial charge in [-0.1, -0.05) is 0 Å². The Hall–Kier alpha value is -3.27. The second kappa shape index (κ2) is 9.17. The van der Waals surface area contributed by atoms with Crippen LogP contribution < -0.4 is 10.2 Å². The van der Waals surface area contributed by atoms with Crippen molar-refractivity contribution in [1.82, 2.24) is 24.4 Å². The maximum atomic E-state index is 14.5. The molecule has 8 nitrogen and oxygen atoms in total. The number of aromatic nitrogens is 3. The molecule has 2 aliphatic rings. The number of carbonyl (C=O) groups excluding carboxylic acids is 1. The highest BCUT2D eigenvalue weighted by Gasteiger charge is 2.30. The summed E-state index contributed by atoms with van der Waals surface area (Å²) in [6.07, 6.45) is 4.91. The van der Waals surface area contributed by atoms with Crippen LogP contribution in [0.4, 0.5) is 25.1 Å². The van der Waals surface area contributed by atoms with Gasteiger partial charge in [-0.15, -0.1) is 0 Å². The molecule has 3 aromatic rings. The van der Waals surface area contributed by atoms with Crippen molar-refractivity contribution in [3.05, 3.63) is 53.9 Å². The summed E-state index contributed by atoms with van der Waals surface area (Å²) in [6.45, 7) is 8.01. The normalized spacial score (nSPS) is 19.4. The van der Waals surface area contributed by atoms with Crippen molar-refractivity contribution < 1.29 is 13.6 Å². The zero-order valence-corrected chi connectivity index (χ0v) is 19.4. The molecule has 2 fully saturated rings. The van der Waals surface area contributed by atoms with Crippen LogP contribution in [0, 0.1) is 11.6 Å². The van der Waals surface area contributed by atoms with Crippen molar-refractivity contribution in [2.75, 3.05) is 42.9 Å². The number of hydrogen-bond donors (Lipinski definition) is 1. The molecule has 0 saturated carbocycles. The quantitative estimate of drug-likeness (QED) is 0.628. The Labute approximate surface area is 197 Å². The molecule has 2 aliphatic heterocycles. The molecule has 0 aliphatic carbocycles. The summed E-state index contributed by atoms with van der Waals surface area (Å²) < 4.78 is 29.9. The van der Waals surface area contributed by atoms with Crippen molar-refractivity contribution in [3.8, 4) is 0 Å². The summed E-state index contributed by atoms with van der Waals surface area (Å²) >= 11 is 0. The summed E-state index contributed by atoms with van der Waals surface area (Å²) in [5, 5.41) is 7.26. The molecule has 0 bridgehead atoms. The van der Waals surface area contributed by atoms with Crippen LogP contribution in [0.5, 0.6) is 0 Å². The van der Waals surface area contributed by atoms with Gasteiger partial charge in [0.05, 0.1) is 12.2 Å². The molecule has 2 amide bonds. The minimum atomic E-state index is -0.457. The van der Waals surface area contributed by atoms with Crippen LogP contribution in [0.3, 0.4) is 0 Å². The summed E-state index contributed by atoms with van der Waals surface area (Å²) in [7, 11) is 0. The fraction of sp³-hybridized carbons (Fsp3) is 0.458. The maximum absolute atomic E-state index is 14.5. The van der Waals surface area contributed by atoms with Crippen LogP contribution >= 0.6 is 0 Å². The highest BCUT2D eigenvalue weighted by Crippen LogP contribution is 2.37. The summed E-state index contributed by atoms with van der Waals surface area (Å²) in [6, 6.07) is 5.36. The number of nitrogens with one attached hydrogen (secondary N) is 1. The fourth-order valence-electron chi connectivity index (χ4n) is 4.88. The number of benzene rings is 1. The molecular weight excluding hydrogens is 440 g/mol. The molecule has 2 aromatic heterocycles. The number of anilines is 2. The molecule has 1 atom stereocenters. The lowest BCUT2D eigenvalue weighted by atomic mass is 10.0. The number of rotatable bonds is 4. The van der Waals surface area contributed by atoms with Crippen LogP contribution in [0.2, 0.25) is 0 Å². The minimum Gasteiger partial charge on any atom is -0.349 e. The number of halogens is 2. The Kier molecular flexibility index (Phi) is 6.07. The van der Waals surface area contributed by atoms with Gasteiger partial charge in [0, 0.05) is 50.5 Å². The van der Waals surface area contributed by atoms with Gasteiger partial charge in [0.1, 0.15) is 23.1 Å². The van der Waals surface area contributed by atoms with Crippen molar-refractivity contribution in [2.45, 2.75) is 38.8 Å². The number of amides is 2. The van der Waals surface area contributed by atoms with E-state index < -0.39 is 11.6 Å². The largest absolute Gasteiger partial charge is 0.349 e. The zero-order chi connectivity index (χ0) is 23.8. The topological polar surface area (TPSA) is 69.0 Å². The standard InChI is InChI=1S/C24H29F2N7O/c1-16(2)30-10-12-31(13-11-30)24(34)28-20-15-27-33-9-7-22(29-23(20)33)32-8-3-4-21(32)18-14-17(25)5-6-19(18)26/h5-7,9,14-16,21H,3-4,8,10-13H2,1-2H3,(H,28,34). The zero-order valence-electron chi connectivity index (χ0n) is 19.4. The smallest absolute Gasteiger partial charge is 0.322 e. The van der Waals surface area contributed by atoms with Gasteiger partial charge >= 0.3 is 6.03 Å². The first-order chi connectivity index (χ1) is 16.4. The molecule has 180 valence electrons. The number of carbonyl (C=O) groups is 1. The first-order valence-electron chi connectivity index (χ1n) is 11.8. The van der Waals surface area contributed by atoms with Gasteiger partial charge in [-0.2, -0.15) is 5.10 Å². The van der Waals surface area contributed by atoms with Gasteiger partial charge in [-0.05, 0) is 51.0 Å². The Morgan fingerprint density at radius 1 is 1.12 bits per heavy atom. The van der Waals surface area contributed by atoms with E-state index in [1.165, 1.54) is 12.1 Å². The predicted octanol–water partition coefficient (Wildman–Crippen LogP) is 3.91. The molecule has 34 heavy (non-hydrogen) atoms. The Morgan fingerprint density at radius 2 is 1.91 bits per heavy atom. The second-order valence-electron chi connectivity index (χ2n) is 9.18. The monoisotopic (exact) mass is 469 g/mol. The van der Waals surface area contributed by atoms with E-state index in [-0.39, 0.29) is 12.1 Å². The number of hydrogen-bond acceptors (Lipinski definition) is 5. The van der Waals surface area contributed by atoms with E-state index >= 15 is 0 Å². The van der Waals surface area contributed by atoms with Crippen LogP contribution in [0.1, 0.15) is 38.3 Å². The van der Waals surface area contributed by atoms with Crippen molar-refractivity contribution in [1.29, 1.82) is 0 Å². The first-order valence-corrected chi connectivity index (χ1v) is 11.8. The molecule has 0 radical (unpaired) electrons. The Bertz CT molecular complexity index is 1190. The van der Waals surface area contributed by atoms with Gasteiger partial charge < -0.3 is 15.1 Å². The predicted molar refractivity (Wildman–Crippen MR) is 126 cm³/mol. The number of piperazine rings is 1. The lowest BCUT2D eigenvalue weighted by Crippen LogP contribution is -2.51. The summed E-state index contributed by atoms with van der Waals surface area (Å²) in [5.74, 6) is -0.240. The van der Waals surface area contributed by atoms with Crippen molar-refractivity contribution >= 4 is 23.2 Å². The summed E-state index contributed by atoms with van der Waals surface area (Å²) in [5.41, 5.74) is 1.37. The molecule has 1 unspecified atom stereocenters. The van der Waals surface area contributed by atoms with Crippen LogP contribution in [0.25, 0.3) is 5.65 Å². The van der Waals surface area contributed by atoms with Gasteiger partial charge in [0.15, 0.2) is 5.65 Å². The fourth-order valence-corrected chi connectivity index (χ4v) is 4.88. The van der Waals surface area contributed by atoms with E-state index in [9.17, 15) is 13.6 Å². The van der Waals surface area contributed by atoms with E-state index in [0.29, 0.717) is 54.8 Å². The lowest BCUT2D eigenvalue weighted by Gasteiger charge is -2.36. The molecule has 1 aromatic carbocycles. The minimum absolute atomic E-state index is 0.175. The molecule has 4 heterocycles. The van der Waals surface area contributed by atoms with E-state index in [0.717, 1.165) is 25.6 Å². The van der Waals surface area contributed by atoms with Crippen molar-refractivity contribution in [2.24, 2.45) is 0 Å². The molecule has 10 heteroatoms. The molecule has 1 N–H and O–H groups in total. The molecule has 5 rings (SSSR count). The van der Waals surface area contributed by atoms with Crippen molar-refractivity contribution in [3.63, 3.8) is 0 Å². The van der Waals surface area contributed by atoms with E-state index in [4.69, 9.17) is 4.98 Å². The van der Waals surface area contributed by atoms with E-state index in [1.54, 1.807) is 21.8 Å². The number of fused-ring (bicyclic) bond motifs is 1. The number of urea groups is 1. The van der Waals surface area contributed by atoms with Gasteiger partial charge in [-0.25, -0.2) is 23.1 Å². The SMILES string of the molecule is CC(C)N1CCN(C(=O)Nc2cnn3ccc(N4CCCC4c4cc(F)ccc4F)nc23)CC1. The third-order valence-electron chi connectivity index (χ3n) is 6.79. The molecular formula is C24H29F2N7O. The second-order valence-corrected chi connectivity index (χ2v) is 9.18. The van der Waals surface area contributed by atoms with Gasteiger partial charge in [0.2, 0.25) is 0 Å². The maximum Gasteiger partial charge on any atom is 0.322 e. The van der Waals surface area contributed by atoms with E-state index in [2.05, 4.69) is 29.2 Å². The van der Waals surface area contributed by atoms with Crippen LogP contribution in [-0.4, -0.2) is 69.2 Å². The summed E-state index contributed by atoms with van der Waals surface area (Å²) in [4.78, 5) is 23.8. The van der Waals surface area contributed by atoms with Gasteiger partial charge in [0.25, 0.3) is 0 Å². The Morgan fingerprint density at radius 3 is 2.68 bits per heavy atom. The Balaban J connectivity index is 1.36. The first kappa shape index (κ1) is 22.5. The highest BCUT2D eigenvalue weighted by molar-refractivity contribution is 5.93. The van der Waals surface area contributed by atoms with Crippen LogP contribution in [0.15, 0.2) is 36.7 Å². The lowest BCUT2D eigenvalue weighted by molar-refractivity contribution is 0.125. The highest BCUT2D eigenvalue weighted by atomic mass is 19.1. The third-order valence-corrected chi connectivity index (χ3v) is 6.79. The average molecular weight is 470 g/mol. The number of nitrogens with zero attached hydrogens (tertiary/aromatic N) is 6. The van der Waals surface area contributed by atoms with Gasteiger partial charge in [-0.3, -0.25) is 4.90 Å².